The number of ether oxygens (including phenoxy) is 1. The summed E-state index contributed by atoms with van der Waals surface area (Å²) in [6.07, 6.45) is 3.43. The molecule has 1 aromatic rings. The van der Waals surface area contributed by atoms with E-state index < -0.39 is 0 Å². The summed E-state index contributed by atoms with van der Waals surface area (Å²) in [4.78, 5) is 0. The van der Waals surface area contributed by atoms with E-state index in [4.69, 9.17) is 16.3 Å². The monoisotopic (exact) mass is 211 g/mol. The van der Waals surface area contributed by atoms with Gasteiger partial charge in [-0.1, -0.05) is 11.6 Å². The molecule has 1 N–H and O–H groups in total. The van der Waals surface area contributed by atoms with Crippen molar-refractivity contribution in [3.8, 4) is 5.75 Å². The van der Waals surface area contributed by atoms with Gasteiger partial charge in [0.2, 0.25) is 0 Å². The molecule has 0 atom stereocenters. The van der Waals surface area contributed by atoms with Gasteiger partial charge < -0.3 is 10.1 Å². The zero-order chi connectivity index (χ0) is 9.97. The van der Waals surface area contributed by atoms with Gasteiger partial charge in [-0.25, -0.2) is 0 Å². The molecule has 2 rings (SSSR count). The van der Waals surface area contributed by atoms with Gasteiger partial charge in [-0.05, 0) is 31.4 Å². The molecule has 0 fully saturated rings. The van der Waals surface area contributed by atoms with Gasteiger partial charge >= 0.3 is 0 Å². The standard InChI is InChI=1S/C11H14ClNO/c1-14-10-6-5-9(12)11-8(10)4-2-3-7-13-11/h5-6,13H,2-4,7H2,1H3. The van der Waals surface area contributed by atoms with Crippen molar-refractivity contribution in [1.29, 1.82) is 0 Å². The fourth-order valence-corrected chi connectivity index (χ4v) is 2.11. The fourth-order valence-electron chi connectivity index (χ4n) is 1.87. The Hall–Kier alpha value is -0.890. The summed E-state index contributed by atoms with van der Waals surface area (Å²) in [6, 6.07) is 3.83. The van der Waals surface area contributed by atoms with E-state index in [1.165, 1.54) is 18.4 Å². The number of hydrogen-bond acceptors (Lipinski definition) is 2. The predicted octanol–water partition coefficient (Wildman–Crippen LogP) is 3.10. The molecule has 0 aromatic heterocycles. The molecule has 0 unspecified atom stereocenters. The highest BCUT2D eigenvalue weighted by atomic mass is 35.5. The lowest BCUT2D eigenvalue weighted by Crippen LogP contribution is -2.01. The summed E-state index contributed by atoms with van der Waals surface area (Å²) in [5.41, 5.74) is 2.28. The molecule has 3 heteroatoms. The zero-order valence-electron chi connectivity index (χ0n) is 8.27. The average Bonchev–Trinajstić information content (AvgIpc) is 2.44. The quantitative estimate of drug-likeness (QED) is 0.771. The number of rotatable bonds is 1. The summed E-state index contributed by atoms with van der Waals surface area (Å²) in [5, 5.41) is 4.15. The summed E-state index contributed by atoms with van der Waals surface area (Å²) in [5.74, 6) is 0.943. The second kappa shape index (κ2) is 4.09. The molecule has 0 spiro atoms. The third kappa shape index (κ3) is 1.67. The van der Waals surface area contributed by atoms with Gasteiger partial charge in [-0.2, -0.15) is 0 Å². The topological polar surface area (TPSA) is 21.3 Å². The molecule has 0 bridgehead atoms. The Kier molecular flexibility index (Phi) is 2.82. The first-order valence-corrected chi connectivity index (χ1v) is 5.30. The lowest BCUT2D eigenvalue weighted by Gasteiger charge is -2.13. The molecule has 76 valence electrons. The maximum Gasteiger partial charge on any atom is 0.124 e. The molecule has 0 radical (unpaired) electrons. The Labute approximate surface area is 89.2 Å². The van der Waals surface area contributed by atoms with Gasteiger partial charge in [-0.15, -0.1) is 0 Å². The van der Waals surface area contributed by atoms with Crippen LogP contribution in [0.15, 0.2) is 12.1 Å². The SMILES string of the molecule is COc1ccc(Cl)c2c1CCCCN2. The maximum atomic E-state index is 6.13. The van der Waals surface area contributed by atoms with Crippen molar-refractivity contribution in [1.82, 2.24) is 0 Å². The molecule has 0 amide bonds. The minimum absolute atomic E-state index is 0.794. The van der Waals surface area contributed by atoms with Crippen LogP contribution in [0.3, 0.4) is 0 Å². The third-order valence-corrected chi connectivity index (χ3v) is 2.91. The third-order valence-electron chi connectivity index (χ3n) is 2.59. The molecule has 0 saturated carbocycles. The van der Waals surface area contributed by atoms with Gasteiger partial charge in [0.05, 0.1) is 17.8 Å². The Bertz CT molecular complexity index is 338. The number of nitrogens with one attached hydrogen (secondary N) is 1. The molecule has 0 aliphatic carbocycles. The minimum atomic E-state index is 0.794. The average molecular weight is 212 g/mol. The Morgan fingerprint density at radius 3 is 3.00 bits per heavy atom. The molecule has 14 heavy (non-hydrogen) atoms. The summed E-state index contributed by atoms with van der Waals surface area (Å²) in [7, 11) is 1.70. The highest BCUT2D eigenvalue weighted by molar-refractivity contribution is 6.33. The van der Waals surface area contributed by atoms with E-state index in [0.29, 0.717) is 0 Å². The molecule has 1 heterocycles. The van der Waals surface area contributed by atoms with E-state index in [9.17, 15) is 0 Å². The van der Waals surface area contributed by atoms with E-state index in [1.54, 1.807) is 7.11 Å². The van der Waals surface area contributed by atoms with Crippen LogP contribution < -0.4 is 10.1 Å². The van der Waals surface area contributed by atoms with Crippen LogP contribution in [0.1, 0.15) is 18.4 Å². The van der Waals surface area contributed by atoms with Crippen molar-refractivity contribution in [2.24, 2.45) is 0 Å². The Balaban J connectivity index is 2.49. The molecule has 1 aliphatic heterocycles. The van der Waals surface area contributed by atoms with Crippen molar-refractivity contribution in [3.63, 3.8) is 0 Å². The number of halogens is 1. The van der Waals surface area contributed by atoms with Crippen LogP contribution in [0.4, 0.5) is 5.69 Å². The van der Waals surface area contributed by atoms with Crippen molar-refractivity contribution >= 4 is 17.3 Å². The first-order valence-electron chi connectivity index (χ1n) is 4.92. The lowest BCUT2D eigenvalue weighted by atomic mass is 10.1. The van der Waals surface area contributed by atoms with Crippen LogP contribution in [-0.4, -0.2) is 13.7 Å². The second-order valence-electron chi connectivity index (χ2n) is 3.49. The smallest absolute Gasteiger partial charge is 0.124 e. The van der Waals surface area contributed by atoms with Gasteiger partial charge in [0.1, 0.15) is 5.75 Å². The van der Waals surface area contributed by atoms with Gasteiger partial charge in [0.25, 0.3) is 0 Å². The zero-order valence-corrected chi connectivity index (χ0v) is 9.03. The predicted molar refractivity (Wildman–Crippen MR) is 59.4 cm³/mol. The number of hydrogen-bond donors (Lipinski definition) is 1. The van der Waals surface area contributed by atoms with Crippen molar-refractivity contribution in [2.45, 2.75) is 19.3 Å². The van der Waals surface area contributed by atoms with Crippen LogP contribution >= 0.6 is 11.6 Å². The molecule has 1 aromatic carbocycles. The van der Waals surface area contributed by atoms with E-state index in [-0.39, 0.29) is 0 Å². The first kappa shape index (κ1) is 9.66. The van der Waals surface area contributed by atoms with Crippen LogP contribution in [0.5, 0.6) is 5.75 Å². The molecular formula is C11H14ClNO. The van der Waals surface area contributed by atoms with E-state index in [0.717, 1.165) is 29.4 Å². The molecular weight excluding hydrogens is 198 g/mol. The van der Waals surface area contributed by atoms with Crippen molar-refractivity contribution in [3.05, 3.63) is 22.7 Å². The Morgan fingerprint density at radius 2 is 2.21 bits per heavy atom. The number of methoxy groups -OCH3 is 1. The lowest BCUT2D eigenvalue weighted by molar-refractivity contribution is 0.409. The van der Waals surface area contributed by atoms with Gasteiger partial charge in [0, 0.05) is 12.1 Å². The molecule has 0 saturated heterocycles. The van der Waals surface area contributed by atoms with E-state index >= 15 is 0 Å². The summed E-state index contributed by atoms with van der Waals surface area (Å²) >= 11 is 6.13. The number of anilines is 1. The molecule has 2 nitrogen and oxygen atoms in total. The van der Waals surface area contributed by atoms with E-state index in [2.05, 4.69) is 5.32 Å². The number of benzene rings is 1. The highest BCUT2D eigenvalue weighted by Gasteiger charge is 2.14. The van der Waals surface area contributed by atoms with Gasteiger partial charge in [0.15, 0.2) is 0 Å². The second-order valence-corrected chi connectivity index (χ2v) is 3.89. The van der Waals surface area contributed by atoms with Crippen LogP contribution in [0.25, 0.3) is 0 Å². The normalized spacial score (nSPS) is 15.3. The minimum Gasteiger partial charge on any atom is -0.496 e. The van der Waals surface area contributed by atoms with Crippen molar-refractivity contribution < 1.29 is 4.74 Å². The first-order chi connectivity index (χ1) is 6.83. The van der Waals surface area contributed by atoms with Crippen LogP contribution in [0.2, 0.25) is 5.02 Å². The van der Waals surface area contributed by atoms with Crippen LogP contribution in [-0.2, 0) is 6.42 Å². The largest absolute Gasteiger partial charge is 0.496 e. The summed E-state index contributed by atoms with van der Waals surface area (Å²) in [6.45, 7) is 1.000. The van der Waals surface area contributed by atoms with Crippen LogP contribution in [0, 0.1) is 0 Å². The molecule has 1 aliphatic rings. The van der Waals surface area contributed by atoms with Crippen molar-refractivity contribution in [2.75, 3.05) is 19.0 Å². The fraction of sp³-hybridized carbons (Fsp3) is 0.455. The Morgan fingerprint density at radius 1 is 1.36 bits per heavy atom. The number of fused-ring (bicyclic) bond motifs is 1. The maximum absolute atomic E-state index is 6.13. The van der Waals surface area contributed by atoms with Gasteiger partial charge in [-0.3, -0.25) is 0 Å². The summed E-state index contributed by atoms with van der Waals surface area (Å²) < 4.78 is 5.32. The van der Waals surface area contributed by atoms with E-state index in [1.807, 2.05) is 12.1 Å². The highest BCUT2D eigenvalue weighted by Crippen LogP contribution is 2.35.